The molecule has 2 N–H and O–H groups in total. The largest absolute Gasteiger partial charge is 0.493 e. The highest BCUT2D eigenvalue weighted by Crippen LogP contribution is 2.27. The minimum absolute atomic E-state index is 0.0681. The molecule has 142 valence electrons. The molecule has 0 saturated carbocycles. The molecule has 0 saturated heterocycles. The third-order valence-corrected chi connectivity index (χ3v) is 3.67. The molecule has 0 aliphatic heterocycles. The summed E-state index contributed by atoms with van der Waals surface area (Å²) < 4.78 is 10.4. The molecule has 2 aromatic rings. The number of hydrogen-bond donors (Lipinski definition) is 2. The first-order valence-electron chi connectivity index (χ1n) is 8.55. The normalized spacial score (nSPS) is 10.7. The third kappa shape index (κ3) is 5.88. The Labute approximate surface area is 159 Å². The lowest BCUT2D eigenvalue weighted by molar-refractivity contribution is -0.111. The summed E-state index contributed by atoms with van der Waals surface area (Å²) >= 11 is 0. The molecular formula is C21H24N2O4. The van der Waals surface area contributed by atoms with Gasteiger partial charge < -0.3 is 20.1 Å². The average molecular weight is 368 g/mol. The van der Waals surface area contributed by atoms with E-state index in [1.807, 2.05) is 19.9 Å². The first-order valence-corrected chi connectivity index (χ1v) is 8.55. The van der Waals surface area contributed by atoms with Gasteiger partial charge in [-0.1, -0.05) is 6.07 Å². The van der Waals surface area contributed by atoms with Crippen LogP contribution in [0.1, 0.15) is 29.8 Å². The van der Waals surface area contributed by atoms with Crippen LogP contribution >= 0.6 is 0 Å². The van der Waals surface area contributed by atoms with Gasteiger partial charge in [0, 0.05) is 23.4 Å². The SMILES string of the molecule is COc1ccc(/C=C/C(=O)Nc2ccc(C(=O)NC(C)C)cc2)cc1OC. The molecule has 2 aromatic carbocycles. The van der Waals surface area contributed by atoms with Crippen molar-refractivity contribution >= 4 is 23.6 Å². The summed E-state index contributed by atoms with van der Waals surface area (Å²) in [5, 5.41) is 5.58. The number of hydrogen-bond acceptors (Lipinski definition) is 4. The zero-order valence-corrected chi connectivity index (χ0v) is 15.9. The van der Waals surface area contributed by atoms with E-state index in [4.69, 9.17) is 9.47 Å². The zero-order chi connectivity index (χ0) is 19.8. The number of amides is 2. The molecule has 6 nitrogen and oxygen atoms in total. The predicted octanol–water partition coefficient (Wildman–Crippen LogP) is 3.49. The van der Waals surface area contributed by atoms with E-state index >= 15 is 0 Å². The Morgan fingerprint density at radius 3 is 2.22 bits per heavy atom. The Balaban J connectivity index is 1.99. The van der Waals surface area contributed by atoms with Gasteiger partial charge in [-0.3, -0.25) is 9.59 Å². The van der Waals surface area contributed by atoms with Crippen LogP contribution in [0.15, 0.2) is 48.5 Å². The van der Waals surface area contributed by atoms with Crippen molar-refractivity contribution in [1.29, 1.82) is 0 Å². The van der Waals surface area contributed by atoms with Crippen LogP contribution in [0.3, 0.4) is 0 Å². The van der Waals surface area contributed by atoms with Gasteiger partial charge in [0.15, 0.2) is 11.5 Å². The van der Waals surface area contributed by atoms with Crippen LogP contribution in [-0.4, -0.2) is 32.1 Å². The summed E-state index contributed by atoms with van der Waals surface area (Å²) in [4.78, 5) is 24.0. The van der Waals surface area contributed by atoms with Crippen molar-refractivity contribution < 1.29 is 19.1 Å². The topological polar surface area (TPSA) is 76.7 Å². The van der Waals surface area contributed by atoms with Crippen LogP contribution in [0.4, 0.5) is 5.69 Å². The second-order valence-electron chi connectivity index (χ2n) is 6.14. The maximum Gasteiger partial charge on any atom is 0.251 e. The second-order valence-corrected chi connectivity index (χ2v) is 6.14. The van der Waals surface area contributed by atoms with Gasteiger partial charge in [-0.2, -0.15) is 0 Å². The molecule has 0 heterocycles. The van der Waals surface area contributed by atoms with Crippen molar-refractivity contribution in [1.82, 2.24) is 5.32 Å². The Bertz CT molecular complexity index is 827. The highest BCUT2D eigenvalue weighted by atomic mass is 16.5. The molecule has 6 heteroatoms. The Morgan fingerprint density at radius 1 is 0.963 bits per heavy atom. The van der Waals surface area contributed by atoms with Crippen molar-refractivity contribution in [2.75, 3.05) is 19.5 Å². The Morgan fingerprint density at radius 2 is 1.63 bits per heavy atom. The number of carbonyl (C=O) groups is 2. The third-order valence-electron chi connectivity index (χ3n) is 3.67. The molecule has 0 aromatic heterocycles. The molecular weight excluding hydrogens is 344 g/mol. The lowest BCUT2D eigenvalue weighted by atomic mass is 10.1. The van der Waals surface area contributed by atoms with E-state index in [1.165, 1.54) is 6.08 Å². The molecule has 0 spiro atoms. The Kier molecular flexibility index (Phi) is 7.00. The van der Waals surface area contributed by atoms with E-state index in [9.17, 15) is 9.59 Å². The maximum atomic E-state index is 12.1. The molecule has 0 unspecified atom stereocenters. The van der Waals surface area contributed by atoms with Gasteiger partial charge in [0.25, 0.3) is 5.91 Å². The zero-order valence-electron chi connectivity index (χ0n) is 15.9. The Hall–Kier alpha value is -3.28. The van der Waals surface area contributed by atoms with Gasteiger partial charge in [-0.05, 0) is 61.9 Å². The molecule has 0 bridgehead atoms. The van der Waals surface area contributed by atoms with E-state index in [-0.39, 0.29) is 17.9 Å². The standard InChI is InChI=1S/C21H24N2O4/c1-14(2)22-21(25)16-7-9-17(10-8-16)23-20(24)12-6-15-5-11-18(26-3)19(13-15)27-4/h5-14H,1-4H3,(H,22,25)(H,23,24)/b12-6+. The molecule has 2 amide bonds. The number of ether oxygens (including phenoxy) is 2. The minimum atomic E-state index is -0.274. The fraction of sp³-hybridized carbons (Fsp3) is 0.238. The van der Waals surface area contributed by atoms with Crippen LogP contribution in [0, 0.1) is 0 Å². The number of benzene rings is 2. The van der Waals surface area contributed by atoms with Crippen LogP contribution in [0.5, 0.6) is 11.5 Å². The molecule has 0 atom stereocenters. The second kappa shape index (κ2) is 9.43. The molecule has 0 aliphatic rings. The molecule has 2 rings (SSSR count). The van der Waals surface area contributed by atoms with Crippen molar-refractivity contribution in [3.63, 3.8) is 0 Å². The predicted molar refractivity (Wildman–Crippen MR) is 106 cm³/mol. The van der Waals surface area contributed by atoms with Crippen LogP contribution in [0.25, 0.3) is 6.08 Å². The van der Waals surface area contributed by atoms with E-state index in [2.05, 4.69) is 10.6 Å². The first-order chi connectivity index (χ1) is 12.9. The number of rotatable bonds is 7. The van der Waals surface area contributed by atoms with Gasteiger partial charge >= 0.3 is 0 Å². The maximum absolute atomic E-state index is 12.1. The van der Waals surface area contributed by atoms with Crippen LogP contribution in [-0.2, 0) is 4.79 Å². The number of nitrogens with one attached hydrogen (secondary N) is 2. The molecule has 27 heavy (non-hydrogen) atoms. The summed E-state index contributed by atoms with van der Waals surface area (Å²) in [6, 6.07) is 12.2. The highest BCUT2D eigenvalue weighted by Gasteiger charge is 2.07. The van der Waals surface area contributed by atoms with Gasteiger partial charge in [0.1, 0.15) is 0 Å². The van der Waals surface area contributed by atoms with Crippen molar-refractivity contribution in [2.24, 2.45) is 0 Å². The average Bonchev–Trinajstić information content (AvgIpc) is 2.66. The highest BCUT2D eigenvalue weighted by molar-refractivity contribution is 6.02. The summed E-state index contributed by atoms with van der Waals surface area (Å²) in [6.07, 6.45) is 3.11. The van der Waals surface area contributed by atoms with Crippen molar-refractivity contribution in [2.45, 2.75) is 19.9 Å². The van der Waals surface area contributed by atoms with Gasteiger partial charge in [-0.15, -0.1) is 0 Å². The van der Waals surface area contributed by atoms with Crippen LogP contribution < -0.4 is 20.1 Å². The van der Waals surface area contributed by atoms with Crippen molar-refractivity contribution in [3.05, 3.63) is 59.7 Å². The molecule has 0 fully saturated rings. The summed E-state index contributed by atoms with van der Waals surface area (Å²) in [5.41, 5.74) is 1.96. The lowest BCUT2D eigenvalue weighted by Crippen LogP contribution is -2.29. The van der Waals surface area contributed by atoms with E-state index in [0.717, 1.165) is 5.56 Å². The molecule has 0 aliphatic carbocycles. The minimum Gasteiger partial charge on any atom is -0.493 e. The first kappa shape index (κ1) is 20.0. The van der Waals surface area contributed by atoms with Gasteiger partial charge in [-0.25, -0.2) is 0 Å². The number of anilines is 1. The van der Waals surface area contributed by atoms with Crippen molar-refractivity contribution in [3.8, 4) is 11.5 Å². The number of methoxy groups -OCH3 is 2. The quantitative estimate of drug-likeness (QED) is 0.734. The fourth-order valence-corrected chi connectivity index (χ4v) is 2.36. The van der Waals surface area contributed by atoms with E-state index in [1.54, 1.807) is 56.7 Å². The monoisotopic (exact) mass is 368 g/mol. The summed E-state index contributed by atoms with van der Waals surface area (Å²) in [5.74, 6) is 0.802. The van der Waals surface area contributed by atoms with E-state index in [0.29, 0.717) is 22.7 Å². The van der Waals surface area contributed by atoms with Gasteiger partial charge in [0.05, 0.1) is 14.2 Å². The summed E-state index contributed by atoms with van der Waals surface area (Å²) in [6.45, 7) is 3.80. The van der Waals surface area contributed by atoms with Crippen LogP contribution in [0.2, 0.25) is 0 Å². The number of carbonyl (C=O) groups excluding carboxylic acids is 2. The summed E-state index contributed by atoms with van der Waals surface area (Å²) in [7, 11) is 3.13. The van der Waals surface area contributed by atoms with E-state index < -0.39 is 0 Å². The smallest absolute Gasteiger partial charge is 0.251 e. The fourth-order valence-electron chi connectivity index (χ4n) is 2.36. The lowest BCUT2D eigenvalue weighted by Gasteiger charge is -2.09. The van der Waals surface area contributed by atoms with Gasteiger partial charge in [0.2, 0.25) is 5.91 Å². The molecule has 0 radical (unpaired) electrons.